The number of carbonyl (C=O) groups excluding carboxylic acids is 3. The van der Waals surface area contributed by atoms with Crippen LogP contribution in [0, 0.1) is 5.92 Å². The molecule has 0 unspecified atom stereocenters. The maximum absolute atomic E-state index is 12.8. The summed E-state index contributed by atoms with van der Waals surface area (Å²) in [7, 11) is 0. The Balaban J connectivity index is 4.27. The highest BCUT2D eigenvalue weighted by Crippen LogP contribution is 2.18. The van der Waals surface area contributed by atoms with Crippen LogP contribution in [0.1, 0.15) is 323 Å². The number of rotatable bonds is 52. The van der Waals surface area contributed by atoms with E-state index in [1.165, 1.54) is 218 Å². The molecule has 0 saturated heterocycles. The lowest BCUT2D eigenvalue weighted by Gasteiger charge is -2.18. The van der Waals surface area contributed by atoms with Gasteiger partial charge >= 0.3 is 17.9 Å². The first-order chi connectivity index (χ1) is 30.9. The smallest absolute Gasteiger partial charge is 0.306 e. The van der Waals surface area contributed by atoms with Crippen molar-refractivity contribution in [1.29, 1.82) is 0 Å². The molecule has 0 saturated carbocycles. The zero-order valence-electron chi connectivity index (χ0n) is 43.0. The fourth-order valence-electron chi connectivity index (χ4n) is 8.75. The number of hydrogen-bond donors (Lipinski definition) is 0. The van der Waals surface area contributed by atoms with E-state index in [0.717, 1.165) is 63.7 Å². The van der Waals surface area contributed by atoms with Crippen molar-refractivity contribution in [3.8, 4) is 0 Å². The summed E-state index contributed by atoms with van der Waals surface area (Å²) in [5, 5.41) is 0. The Bertz CT molecular complexity index is 949. The summed E-state index contributed by atoms with van der Waals surface area (Å²) in [5.74, 6) is -0.0431. The molecule has 0 bridgehead atoms. The van der Waals surface area contributed by atoms with Gasteiger partial charge in [-0.2, -0.15) is 0 Å². The zero-order chi connectivity index (χ0) is 45.9. The molecular formula is C57H110O6. The molecular weight excluding hydrogens is 781 g/mol. The Morgan fingerprint density at radius 1 is 0.302 bits per heavy atom. The first kappa shape index (κ1) is 61.4. The molecule has 0 aliphatic carbocycles. The van der Waals surface area contributed by atoms with Crippen molar-refractivity contribution < 1.29 is 28.6 Å². The molecule has 6 nitrogen and oxygen atoms in total. The summed E-state index contributed by atoms with van der Waals surface area (Å²) in [6.07, 6.45) is 55.3. The lowest BCUT2D eigenvalue weighted by atomic mass is 10.0. The molecule has 0 radical (unpaired) electrons. The summed E-state index contributed by atoms with van der Waals surface area (Å²) in [4.78, 5) is 38.1. The van der Waals surface area contributed by atoms with E-state index in [9.17, 15) is 14.4 Å². The number of ether oxygens (including phenoxy) is 3. The summed E-state index contributed by atoms with van der Waals surface area (Å²) in [6, 6.07) is 0. The van der Waals surface area contributed by atoms with Crippen molar-refractivity contribution in [2.45, 2.75) is 329 Å². The molecule has 0 aromatic carbocycles. The zero-order valence-corrected chi connectivity index (χ0v) is 43.0. The Labute approximate surface area is 393 Å². The lowest BCUT2D eigenvalue weighted by Crippen LogP contribution is -2.30. The molecule has 0 amide bonds. The van der Waals surface area contributed by atoms with Crippen LogP contribution in [0.3, 0.4) is 0 Å². The fourth-order valence-corrected chi connectivity index (χ4v) is 8.75. The SMILES string of the molecule is CCCCCCCCCCCCCCCCCCCC(=O)OC[C@@H](COC(=O)CCCCCCCCCCC(C)C)OC(=O)CCCCCCCCCCCCCCCCCCC. The van der Waals surface area contributed by atoms with Gasteiger partial charge in [-0.15, -0.1) is 0 Å². The van der Waals surface area contributed by atoms with Gasteiger partial charge in [0.15, 0.2) is 6.10 Å². The molecule has 0 N–H and O–H groups in total. The summed E-state index contributed by atoms with van der Waals surface area (Å²) in [6.45, 7) is 9.02. The molecule has 0 fully saturated rings. The van der Waals surface area contributed by atoms with Gasteiger partial charge in [-0.1, -0.05) is 285 Å². The van der Waals surface area contributed by atoms with E-state index in [1.54, 1.807) is 0 Å². The van der Waals surface area contributed by atoms with Crippen LogP contribution in [0.2, 0.25) is 0 Å². The summed E-state index contributed by atoms with van der Waals surface area (Å²) < 4.78 is 16.9. The Hall–Kier alpha value is -1.59. The maximum atomic E-state index is 12.8. The molecule has 0 spiro atoms. The standard InChI is InChI=1S/C57H110O6/c1-5-7-9-11-13-15-17-19-21-23-25-27-29-31-36-40-44-48-55(58)61-51-54(52-62-56(59)49-45-41-37-34-33-35-39-43-47-53(3)4)63-57(60)50-46-42-38-32-30-28-26-24-22-20-18-16-14-12-10-8-6-2/h53-54H,5-52H2,1-4H3/t54-/m0/s1. The van der Waals surface area contributed by atoms with Gasteiger partial charge in [-0.05, 0) is 25.2 Å². The van der Waals surface area contributed by atoms with Gasteiger partial charge in [0.2, 0.25) is 0 Å². The quantitative estimate of drug-likeness (QED) is 0.0344. The molecule has 1 atom stereocenters. The third-order valence-electron chi connectivity index (χ3n) is 13.0. The highest BCUT2D eigenvalue weighted by atomic mass is 16.6. The molecule has 0 heterocycles. The second-order valence-electron chi connectivity index (χ2n) is 20.1. The number of esters is 3. The van der Waals surface area contributed by atoms with Gasteiger partial charge in [0.05, 0.1) is 0 Å². The topological polar surface area (TPSA) is 78.9 Å². The van der Waals surface area contributed by atoms with E-state index >= 15 is 0 Å². The van der Waals surface area contributed by atoms with Crippen molar-refractivity contribution in [2.24, 2.45) is 5.92 Å². The lowest BCUT2D eigenvalue weighted by molar-refractivity contribution is -0.167. The van der Waals surface area contributed by atoms with E-state index in [0.29, 0.717) is 19.3 Å². The third-order valence-corrected chi connectivity index (χ3v) is 13.0. The fraction of sp³-hybridized carbons (Fsp3) is 0.947. The summed E-state index contributed by atoms with van der Waals surface area (Å²) >= 11 is 0. The molecule has 0 aromatic rings. The van der Waals surface area contributed by atoms with E-state index in [-0.39, 0.29) is 31.1 Å². The van der Waals surface area contributed by atoms with Gasteiger partial charge < -0.3 is 14.2 Å². The van der Waals surface area contributed by atoms with Crippen LogP contribution in [0.25, 0.3) is 0 Å². The Morgan fingerprint density at radius 2 is 0.524 bits per heavy atom. The second kappa shape index (κ2) is 51.4. The van der Waals surface area contributed by atoms with Gasteiger partial charge in [0.1, 0.15) is 13.2 Å². The van der Waals surface area contributed by atoms with Crippen molar-refractivity contribution in [1.82, 2.24) is 0 Å². The highest BCUT2D eigenvalue weighted by Gasteiger charge is 2.19. The highest BCUT2D eigenvalue weighted by molar-refractivity contribution is 5.71. The number of hydrogen-bond acceptors (Lipinski definition) is 6. The Kier molecular flexibility index (Phi) is 50.1. The molecule has 0 rings (SSSR count). The van der Waals surface area contributed by atoms with Gasteiger partial charge in [0.25, 0.3) is 0 Å². The van der Waals surface area contributed by atoms with Crippen LogP contribution < -0.4 is 0 Å². The molecule has 0 aromatic heterocycles. The monoisotopic (exact) mass is 891 g/mol. The summed E-state index contributed by atoms with van der Waals surface area (Å²) in [5.41, 5.74) is 0. The largest absolute Gasteiger partial charge is 0.462 e. The van der Waals surface area contributed by atoms with Crippen LogP contribution in [-0.4, -0.2) is 37.2 Å². The van der Waals surface area contributed by atoms with Gasteiger partial charge in [-0.25, -0.2) is 0 Å². The van der Waals surface area contributed by atoms with E-state index in [2.05, 4.69) is 27.7 Å². The molecule has 0 aliphatic heterocycles. The molecule has 374 valence electrons. The van der Waals surface area contributed by atoms with Gasteiger partial charge in [0, 0.05) is 19.3 Å². The van der Waals surface area contributed by atoms with Crippen LogP contribution in [0.15, 0.2) is 0 Å². The first-order valence-corrected chi connectivity index (χ1v) is 28.4. The van der Waals surface area contributed by atoms with Crippen LogP contribution in [0.4, 0.5) is 0 Å². The van der Waals surface area contributed by atoms with Crippen molar-refractivity contribution in [3.05, 3.63) is 0 Å². The second-order valence-corrected chi connectivity index (χ2v) is 20.1. The van der Waals surface area contributed by atoms with Crippen LogP contribution in [0.5, 0.6) is 0 Å². The van der Waals surface area contributed by atoms with Crippen LogP contribution >= 0.6 is 0 Å². The minimum absolute atomic E-state index is 0.0625. The normalized spacial score (nSPS) is 12.0. The Morgan fingerprint density at radius 3 is 0.778 bits per heavy atom. The predicted molar refractivity (Wildman–Crippen MR) is 270 cm³/mol. The van der Waals surface area contributed by atoms with Crippen LogP contribution in [-0.2, 0) is 28.6 Å². The van der Waals surface area contributed by atoms with E-state index in [1.807, 2.05) is 0 Å². The van der Waals surface area contributed by atoms with Crippen molar-refractivity contribution >= 4 is 17.9 Å². The average Bonchev–Trinajstić information content (AvgIpc) is 3.27. The van der Waals surface area contributed by atoms with E-state index in [4.69, 9.17) is 14.2 Å². The predicted octanol–water partition coefficient (Wildman–Crippen LogP) is 18.6. The molecule has 6 heteroatoms. The first-order valence-electron chi connectivity index (χ1n) is 28.4. The minimum Gasteiger partial charge on any atom is -0.462 e. The minimum atomic E-state index is -0.762. The molecule has 0 aliphatic rings. The van der Waals surface area contributed by atoms with E-state index < -0.39 is 6.10 Å². The number of unbranched alkanes of at least 4 members (excludes halogenated alkanes) is 39. The van der Waals surface area contributed by atoms with Crippen molar-refractivity contribution in [3.63, 3.8) is 0 Å². The maximum Gasteiger partial charge on any atom is 0.306 e. The average molecular weight is 892 g/mol. The molecule has 63 heavy (non-hydrogen) atoms. The third kappa shape index (κ3) is 51.3. The van der Waals surface area contributed by atoms with Gasteiger partial charge in [-0.3, -0.25) is 14.4 Å². The van der Waals surface area contributed by atoms with Crippen molar-refractivity contribution in [2.75, 3.05) is 13.2 Å². The number of carbonyl (C=O) groups is 3.